The summed E-state index contributed by atoms with van der Waals surface area (Å²) < 4.78 is 0.855. The average Bonchev–Trinajstić information content (AvgIpc) is 2.49. The van der Waals surface area contributed by atoms with Crippen LogP contribution < -0.4 is 0 Å². The standard InChI is InChI=1S/C8H6O3S2/c9-5-1-2-12-8-4(5)3-6(13-8)7(10)11/h3H,1-2H2,(H,10,11). The number of carboxylic acids is 1. The van der Waals surface area contributed by atoms with Crippen molar-refractivity contribution in [2.45, 2.75) is 10.6 Å². The molecular formula is C8H6O3S2. The number of rotatable bonds is 1. The van der Waals surface area contributed by atoms with Gasteiger partial charge in [0, 0.05) is 17.7 Å². The molecule has 13 heavy (non-hydrogen) atoms. The van der Waals surface area contributed by atoms with Crippen LogP contribution in [-0.2, 0) is 0 Å². The van der Waals surface area contributed by atoms with Gasteiger partial charge in [-0.05, 0) is 6.07 Å². The van der Waals surface area contributed by atoms with Crippen molar-refractivity contribution in [3.63, 3.8) is 0 Å². The monoisotopic (exact) mass is 214 g/mol. The molecule has 1 N–H and O–H groups in total. The van der Waals surface area contributed by atoms with Crippen LogP contribution in [0.25, 0.3) is 0 Å². The number of thioether (sulfide) groups is 1. The lowest BCUT2D eigenvalue weighted by molar-refractivity contribution is 0.0702. The van der Waals surface area contributed by atoms with Gasteiger partial charge < -0.3 is 5.11 Å². The molecule has 2 heterocycles. The molecule has 3 nitrogen and oxygen atoms in total. The highest BCUT2D eigenvalue weighted by molar-refractivity contribution is 8.01. The van der Waals surface area contributed by atoms with Gasteiger partial charge in [0.05, 0.1) is 4.21 Å². The second-order valence-electron chi connectivity index (χ2n) is 2.64. The summed E-state index contributed by atoms with van der Waals surface area (Å²) >= 11 is 2.75. The highest BCUT2D eigenvalue weighted by Gasteiger charge is 2.22. The first-order valence-corrected chi connectivity index (χ1v) is 5.52. The normalized spacial score (nSPS) is 15.5. The number of ketones is 1. The molecule has 1 aromatic heterocycles. The Morgan fingerprint density at radius 3 is 2.92 bits per heavy atom. The van der Waals surface area contributed by atoms with E-state index in [-0.39, 0.29) is 10.7 Å². The second-order valence-corrected chi connectivity index (χ2v) is 5.05. The fourth-order valence-electron chi connectivity index (χ4n) is 1.15. The predicted molar refractivity (Wildman–Crippen MR) is 50.9 cm³/mol. The fourth-order valence-corrected chi connectivity index (χ4v) is 3.46. The lowest BCUT2D eigenvalue weighted by atomic mass is 10.1. The quantitative estimate of drug-likeness (QED) is 0.778. The summed E-state index contributed by atoms with van der Waals surface area (Å²) in [5.74, 6) is -0.115. The minimum atomic E-state index is -0.951. The van der Waals surface area contributed by atoms with Crippen LogP contribution in [0.5, 0.6) is 0 Å². The zero-order chi connectivity index (χ0) is 9.42. The predicted octanol–water partition coefficient (Wildman–Crippen LogP) is 2.12. The summed E-state index contributed by atoms with van der Waals surface area (Å²) in [6, 6.07) is 1.48. The van der Waals surface area contributed by atoms with Gasteiger partial charge >= 0.3 is 5.97 Å². The van der Waals surface area contributed by atoms with Crippen molar-refractivity contribution in [1.29, 1.82) is 0 Å². The first-order chi connectivity index (χ1) is 6.18. The third kappa shape index (κ3) is 1.49. The fraction of sp³-hybridized carbons (Fsp3) is 0.250. The summed E-state index contributed by atoms with van der Waals surface area (Å²) in [6.07, 6.45) is 0.521. The molecule has 1 aliphatic rings. The topological polar surface area (TPSA) is 54.4 Å². The van der Waals surface area contributed by atoms with E-state index in [1.54, 1.807) is 11.8 Å². The lowest BCUT2D eigenvalue weighted by Gasteiger charge is -2.07. The summed E-state index contributed by atoms with van der Waals surface area (Å²) in [5.41, 5.74) is 0.596. The van der Waals surface area contributed by atoms with Gasteiger partial charge in [0.1, 0.15) is 4.88 Å². The Labute approximate surface area is 82.8 Å². The van der Waals surface area contributed by atoms with Crippen molar-refractivity contribution >= 4 is 34.9 Å². The zero-order valence-electron chi connectivity index (χ0n) is 6.57. The van der Waals surface area contributed by atoms with Gasteiger partial charge in [-0.1, -0.05) is 0 Å². The molecule has 0 atom stereocenters. The molecule has 5 heteroatoms. The van der Waals surface area contributed by atoms with Gasteiger partial charge in [-0.2, -0.15) is 0 Å². The van der Waals surface area contributed by atoms with Crippen molar-refractivity contribution in [1.82, 2.24) is 0 Å². The van der Waals surface area contributed by atoms with Crippen LogP contribution in [0.4, 0.5) is 0 Å². The van der Waals surface area contributed by atoms with E-state index < -0.39 is 5.97 Å². The van der Waals surface area contributed by atoms with E-state index in [1.807, 2.05) is 0 Å². The maximum Gasteiger partial charge on any atom is 0.345 e. The number of Topliss-reactive ketones (excluding diaryl/α,β-unsaturated/α-hetero) is 1. The van der Waals surface area contributed by atoms with E-state index in [1.165, 1.54) is 17.4 Å². The van der Waals surface area contributed by atoms with Crippen molar-refractivity contribution in [2.75, 3.05) is 5.75 Å². The molecule has 68 valence electrons. The van der Waals surface area contributed by atoms with Crippen LogP contribution in [0.1, 0.15) is 26.5 Å². The van der Waals surface area contributed by atoms with E-state index in [9.17, 15) is 9.59 Å². The number of thiophene rings is 1. The van der Waals surface area contributed by atoms with E-state index in [0.29, 0.717) is 12.0 Å². The zero-order valence-corrected chi connectivity index (χ0v) is 8.20. The molecule has 0 amide bonds. The summed E-state index contributed by atoms with van der Waals surface area (Å²) in [5, 5.41) is 8.71. The lowest BCUT2D eigenvalue weighted by Crippen LogP contribution is -2.04. The molecule has 0 saturated heterocycles. The van der Waals surface area contributed by atoms with Gasteiger partial charge in [-0.15, -0.1) is 23.1 Å². The molecule has 0 unspecified atom stereocenters. The molecule has 0 aliphatic carbocycles. The minimum Gasteiger partial charge on any atom is -0.477 e. The van der Waals surface area contributed by atoms with Gasteiger partial charge in [0.2, 0.25) is 0 Å². The Bertz CT molecular complexity index is 381. The highest BCUT2D eigenvalue weighted by Crippen LogP contribution is 2.36. The van der Waals surface area contributed by atoms with Gasteiger partial charge in [-0.3, -0.25) is 4.79 Å². The third-order valence-corrected chi connectivity index (χ3v) is 4.18. The first-order valence-electron chi connectivity index (χ1n) is 3.71. The number of carbonyl (C=O) groups excluding carboxylic acids is 1. The van der Waals surface area contributed by atoms with Crippen LogP contribution in [0.2, 0.25) is 0 Å². The Morgan fingerprint density at radius 2 is 2.31 bits per heavy atom. The van der Waals surface area contributed by atoms with E-state index in [2.05, 4.69) is 0 Å². The van der Waals surface area contributed by atoms with E-state index in [4.69, 9.17) is 5.11 Å². The maximum absolute atomic E-state index is 11.3. The molecule has 2 rings (SSSR count). The minimum absolute atomic E-state index is 0.0671. The summed E-state index contributed by atoms with van der Waals surface area (Å²) in [6.45, 7) is 0. The van der Waals surface area contributed by atoms with Crippen LogP contribution in [0, 0.1) is 0 Å². The molecule has 1 aromatic rings. The van der Waals surface area contributed by atoms with Crippen LogP contribution in [-0.4, -0.2) is 22.6 Å². The van der Waals surface area contributed by atoms with Crippen molar-refractivity contribution in [2.24, 2.45) is 0 Å². The molecule has 0 radical (unpaired) electrons. The second kappa shape index (κ2) is 3.16. The molecule has 0 saturated carbocycles. The molecular weight excluding hydrogens is 208 g/mol. The van der Waals surface area contributed by atoms with Crippen molar-refractivity contribution in [3.05, 3.63) is 16.5 Å². The number of aromatic carboxylic acids is 1. The SMILES string of the molecule is O=C(O)c1cc2c(s1)SCCC2=O. The number of fused-ring (bicyclic) bond motifs is 1. The Morgan fingerprint density at radius 1 is 1.54 bits per heavy atom. The van der Waals surface area contributed by atoms with Crippen molar-refractivity contribution < 1.29 is 14.7 Å². The van der Waals surface area contributed by atoms with Crippen LogP contribution in [0.15, 0.2) is 10.3 Å². The molecule has 0 fully saturated rings. The molecule has 0 bridgehead atoms. The number of carbonyl (C=O) groups is 2. The number of hydrogen-bond acceptors (Lipinski definition) is 4. The van der Waals surface area contributed by atoms with Crippen LogP contribution >= 0.6 is 23.1 Å². The Balaban J connectivity index is 2.48. The average molecular weight is 214 g/mol. The third-order valence-electron chi connectivity index (χ3n) is 1.77. The molecule has 0 spiro atoms. The Hall–Kier alpha value is -0.810. The smallest absolute Gasteiger partial charge is 0.345 e. The summed E-state index contributed by atoms with van der Waals surface area (Å²) in [4.78, 5) is 22.2. The maximum atomic E-state index is 11.3. The Kier molecular flexibility index (Phi) is 2.13. The largest absolute Gasteiger partial charge is 0.477 e. The highest BCUT2D eigenvalue weighted by atomic mass is 32.2. The van der Waals surface area contributed by atoms with Crippen LogP contribution in [0.3, 0.4) is 0 Å². The number of carboxylic acid groups (broad SMARTS) is 1. The van der Waals surface area contributed by atoms with Gasteiger partial charge in [-0.25, -0.2) is 4.79 Å². The van der Waals surface area contributed by atoms with Crippen molar-refractivity contribution in [3.8, 4) is 0 Å². The van der Waals surface area contributed by atoms with E-state index >= 15 is 0 Å². The molecule has 0 aromatic carbocycles. The first kappa shape index (κ1) is 8.77. The van der Waals surface area contributed by atoms with Gasteiger partial charge in [0.25, 0.3) is 0 Å². The van der Waals surface area contributed by atoms with Gasteiger partial charge in [0.15, 0.2) is 5.78 Å². The molecule has 1 aliphatic heterocycles. The van der Waals surface area contributed by atoms with E-state index in [0.717, 1.165) is 9.96 Å². The number of hydrogen-bond donors (Lipinski definition) is 1. The summed E-state index contributed by atoms with van der Waals surface area (Å²) in [7, 11) is 0.